The lowest BCUT2D eigenvalue weighted by Crippen LogP contribution is -3.00. The summed E-state index contributed by atoms with van der Waals surface area (Å²) in [6, 6.07) is 13.3. The second-order valence-electron chi connectivity index (χ2n) is 4.21. The molecule has 0 aliphatic heterocycles. The highest BCUT2D eigenvalue weighted by Gasteiger charge is 2.22. The third-order valence-electron chi connectivity index (χ3n) is 2.88. The topological polar surface area (TPSA) is 72.0 Å². The van der Waals surface area contributed by atoms with E-state index in [1.165, 1.54) is 18.2 Å². The van der Waals surface area contributed by atoms with E-state index >= 15 is 0 Å². The maximum absolute atomic E-state index is 9.98. The lowest BCUT2D eigenvalue weighted by Gasteiger charge is -1.98. The first-order chi connectivity index (χ1) is 9.15. The molecule has 0 saturated carbocycles. The van der Waals surface area contributed by atoms with Gasteiger partial charge in [0.15, 0.2) is 11.5 Å². The van der Waals surface area contributed by atoms with Crippen LogP contribution in [0.4, 0.5) is 0 Å². The Bertz CT molecular complexity index is 757. The van der Waals surface area contributed by atoms with Gasteiger partial charge < -0.3 is 27.7 Å². The average Bonchev–Trinajstić information content (AvgIpc) is 2.41. The molecule has 0 bridgehead atoms. The van der Waals surface area contributed by atoms with Crippen molar-refractivity contribution in [2.75, 3.05) is 0 Å². The molecule has 0 radical (unpaired) electrons. The van der Waals surface area contributed by atoms with Crippen molar-refractivity contribution in [1.29, 1.82) is 0 Å². The van der Waals surface area contributed by atoms with Gasteiger partial charge in [0.25, 0.3) is 0 Å². The first-order valence-corrected chi connectivity index (χ1v) is 5.72. The van der Waals surface area contributed by atoms with E-state index in [4.69, 9.17) is 4.42 Å². The van der Waals surface area contributed by atoms with Crippen molar-refractivity contribution in [2.24, 2.45) is 0 Å². The van der Waals surface area contributed by atoms with Crippen LogP contribution in [0.5, 0.6) is 17.2 Å². The Morgan fingerprint density at radius 1 is 0.750 bits per heavy atom. The second kappa shape index (κ2) is 5.27. The minimum atomic E-state index is -0.263. The third kappa shape index (κ3) is 2.33. The SMILES string of the molecule is Oc1cc2cc(O)c(-c3ccccc3)[o+]c2cc1O.[Cl-]. The van der Waals surface area contributed by atoms with Gasteiger partial charge in [-0.1, -0.05) is 18.2 Å². The summed E-state index contributed by atoms with van der Waals surface area (Å²) in [5.74, 6) is -0.225. The van der Waals surface area contributed by atoms with E-state index in [2.05, 4.69) is 0 Å². The Labute approximate surface area is 121 Å². The number of phenolic OH excluding ortho intramolecular Hbond substituents is 2. The molecule has 0 aliphatic rings. The van der Waals surface area contributed by atoms with Crippen LogP contribution in [0, 0.1) is 0 Å². The molecule has 0 amide bonds. The standard InChI is InChI=1S/C15H10O4.ClH/c16-11-6-10-7-13(18)15(9-4-2-1-3-5-9)19-14(10)8-12(11)17;/h1-8H,(H2-,16,17,18);1H. The van der Waals surface area contributed by atoms with Gasteiger partial charge >= 0.3 is 11.3 Å². The lowest BCUT2D eigenvalue weighted by molar-refractivity contribution is -0.00000689. The molecule has 5 heteroatoms. The first-order valence-electron chi connectivity index (χ1n) is 5.72. The van der Waals surface area contributed by atoms with Crippen LogP contribution >= 0.6 is 0 Å². The normalized spacial score (nSPS) is 10.2. The van der Waals surface area contributed by atoms with E-state index in [0.29, 0.717) is 16.7 Å². The monoisotopic (exact) mass is 290 g/mol. The summed E-state index contributed by atoms with van der Waals surface area (Å²) in [6.45, 7) is 0. The Hall–Kier alpha value is -2.46. The molecule has 0 unspecified atom stereocenters. The fourth-order valence-corrected chi connectivity index (χ4v) is 1.95. The predicted octanol–water partition coefficient (Wildman–Crippen LogP) is 0.502. The maximum atomic E-state index is 9.98. The average molecular weight is 291 g/mol. The molecule has 3 aromatic rings. The van der Waals surface area contributed by atoms with Crippen molar-refractivity contribution in [3.8, 4) is 28.6 Å². The molecule has 0 aliphatic carbocycles. The Morgan fingerprint density at radius 2 is 1.35 bits per heavy atom. The zero-order valence-corrected chi connectivity index (χ0v) is 11.0. The Kier molecular flexibility index (Phi) is 3.68. The summed E-state index contributed by atoms with van der Waals surface area (Å²) < 4.78 is 5.59. The van der Waals surface area contributed by atoms with Crippen LogP contribution < -0.4 is 12.4 Å². The molecule has 3 N–H and O–H groups in total. The zero-order chi connectivity index (χ0) is 13.4. The maximum Gasteiger partial charge on any atom is 0.401 e. The summed E-state index contributed by atoms with van der Waals surface area (Å²) in [6.07, 6.45) is 0. The second-order valence-corrected chi connectivity index (χ2v) is 4.21. The van der Waals surface area contributed by atoms with Gasteiger partial charge in [0.1, 0.15) is 0 Å². The summed E-state index contributed by atoms with van der Waals surface area (Å²) >= 11 is 0. The van der Waals surface area contributed by atoms with Crippen LogP contribution in [-0.4, -0.2) is 15.3 Å². The van der Waals surface area contributed by atoms with Gasteiger partial charge in [0, 0.05) is 12.1 Å². The molecule has 20 heavy (non-hydrogen) atoms. The minimum absolute atomic E-state index is 0. The van der Waals surface area contributed by atoms with Gasteiger partial charge in [-0.25, -0.2) is 4.42 Å². The van der Waals surface area contributed by atoms with E-state index in [-0.39, 0.29) is 29.7 Å². The molecule has 0 atom stereocenters. The number of benzene rings is 2. The van der Waals surface area contributed by atoms with Crippen molar-refractivity contribution >= 4 is 11.0 Å². The van der Waals surface area contributed by atoms with Crippen molar-refractivity contribution < 1.29 is 32.1 Å². The van der Waals surface area contributed by atoms with Gasteiger partial charge in [-0.15, -0.1) is 0 Å². The summed E-state index contributed by atoms with van der Waals surface area (Å²) in [4.78, 5) is 0. The van der Waals surface area contributed by atoms with Crippen LogP contribution in [0.25, 0.3) is 22.3 Å². The summed E-state index contributed by atoms with van der Waals surface area (Å²) in [5.41, 5.74) is 1.11. The predicted molar refractivity (Wildman–Crippen MR) is 71.1 cm³/mol. The lowest BCUT2D eigenvalue weighted by atomic mass is 10.1. The number of rotatable bonds is 1. The van der Waals surface area contributed by atoms with E-state index < -0.39 is 0 Å². The van der Waals surface area contributed by atoms with Crippen LogP contribution in [-0.2, 0) is 0 Å². The third-order valence-corrected chi connectivity index (χ3v) is 2.88. The Balaban J connectivity index is 0.00000147. The molecule has 1 heterocycles. The number of aromatic hydroxyl groups is 3. The van der Waals surface area contributed by atoms with E-state index in [9.17, 15) is 15.3 Å². The smallest absolute Gasteiger partial charge is 0.401 e. The summed E-state index contributed by atoms with van der Waals surface area (Å²) in [7, 11) is 0. The fourth-order valence-electron chi connectivity index (χ4n) is 1.95. The zero-order valence-electron chi connectivity index (χ0n) is 10.2. The number of hydrogen-bond acceptors (Lipinski definition) is 3. The van der Waals surface area contributed by atoms with Gasteiger partial charge in [0.2, 0.25) is 5.75 Å². The molecule has 4 nitrogen and oxygen atoms in total. The number of halogens is 1. The van der Waals surface area contributed by atoms with Crippen molar-refractivity contribution in [2.45, 2.75) is 0 Å². The van der Waals surface area contributed by atoms with Crippen molar-refractivity contribution in [3.05, 3.63) is 48.5 Å². The first kappa shape index (κ1) is 14.0. The minimum Gasteiger partial charge on any atom is -1.00 e. The van der Waals surface area contributed by atoms with Crippen LogP contribution in [0.3, 0.4) is 0 Å². The molecule has 2 aromatic carbocycles. The molecule has 0 saturated heterocycles. The van der Waals surface area contributed by atoms with E-state index in [0.717, 1.165) is 5.56 Å². The van der Waals surface area contributed by atoms with Crippen LogP contribution in [0.1, 0.15) is 0 Å². The molecular formula is C15H11ClO4. The molecular weight excluding hydrogens is 280 g/mol. The highest BCUT2D eigenvalue weighted by atomic mass is 35.5. The number of fused-ring (bicyclic) bond motifs is 1. The van der Waals surface area contributed by atoms with Crippen LogP contribution in [0.15, 0.2) is 52.9 Å². The van der Waals surface area contributed by atoms with E-state index in [1.807, 2.05) is 30.3 Å². The number of hydrogen-bond donors (Lipinski definition) is 3. The highest BCUT2D eigenvalue weighted by Crippen LogP contribution is 2.37. The van der Waals surface area contributed by atoms with Crippen molar-refractivity contribution in [1.82, 2.24) is 0 Å². The highest BCUT2D eigenvalue weighted by molar-refractivity contribution is 5.84. The van der Waals surface area contributed by atoms with Gasteiger partial charge in [-0.05, 0) is 12.1 Å². The quantitative estimate of drug-likeness (QED) is 0.451. The van der Waals surface area contributed by atoms with Crippen LogP contribution in [0.2, 0.25) is 0 Å². The molecule has 1 aromatic heterocycles. The molecule has 0 fully saturated rings. The molecule has 3 rings (SSSR count). The van der Waals surface area contributed by atoms with E-state index in [1.54, 1.807) is 0 Å². The molecule has 0 spiro atoms. The van der Waals surface area contributed by atoms with Gasteiger partial charge in [0.05, 0.1) is 17.0 Å². The van der Waals surface area contributed by atoms with Crippen molar-refractivity contribution in [3.63, 3.8) is 0 Å². The Morgan fingerprint density at radius 3 is 2.05 bits per heavy atom. The summed E-state index contributed by atoms with van der Waals surface area (Å²) in [5, 5.41) is 29.4. The molecule has 102 valence electrons. The largest absolute Gasteiger partial charge is 1.00 e. The van der Waals surface area contributed by atoms with Gasteiger partial charge in [-0.2, -0.15) is 0 Å². The van der Waals surface area contributed by atoms with Gasteiger partial charge in [-0.3, -0.25) is 0 Å². The number of phenols is 2. The fraction of sp³-hybridized carbons (Fsp3) is 0.